The van der Waals surface area contributed by atoms with E-state index in [-0.39, 0.29) is 11.5 Å². The highest BCUT2D eigenvalue weighted by Gasteiger charge is 2.22. The summed E-state index contributed by atoms with van der Waals surface area (Å²) in [5.74, 6) is -1.39. The van der Waals surface area contributed by atoms with Crippen LogP contribution in [0.2, 0.25) is 0 Å². The Morgan fingerprint density at radius 3 is 2.27 bits per heavy atom. The number of hydrogen-bond donors (Lipinski definition) is 3. The Labute approximate surface area is 94.8 Å². The third-order valence-electron chi connectivity index (χ3n) is 1.97. The van der Waals surface area contributed by atoms with Crippen molar-refractivity contribution in [3.63, 3.8) is 0 Å². The second-order valence-electron chi connectivity index (χ2n) is 3.84. The number of carbonyl (C=O) groups excluding carboxylic acids is 2. The molecule has 0 fully saturated rings. The number of thiocarbonyl (C=S) groups is 1. The van der Waals surface area contributed by atoms with Gasteiger partial charge in [0.05, 0.1) is 11.5 Å². The molecule has 0 aliphatic carbocycles. The molecule has 0 radical (unpaired) electrons. The van der Waals surface area contributed by atoms with Gasteiger partial charge >= 0.3 is 11.8 Å². The molecule has 0 saturated carbocycles. The van der Waals surface area contributed by atoms with Gasteiger partial charge < -0.3 is 16.4 Å². The molecule has 5 nitrogen and oxygen atoms in total. The molecule has 6 heteroatoms. The molecule has 15 heavy (non-hydrogen) atoms. The zero-order valence-electron chi connectivity index (χ0n) is 9.22. The number of amides is 2. The quantitative estimate of drug-likeness (QED) is 0.458. The van der Waals surface area contributed by atoms with E-state index in [1.54, 1.807) is 0 Å². The Morgan fingerprint density at radius 1 is 1.33 bits per heavy atom. The molecular weight excluding hydrogens is 214 g/mol. The van der Waals surface area contributed by atoms with E-state index in [1.807, 2.05) is 20.8 Å². The van der Waals surface area contributed by atoms with Crippen LogP contribution in [0.4, 0.5) is 0 Å². The molecule has 0 atom stereocenters. The minimum atomic E-state index is -0.718. The highest BCUT2D eigenvalue weighted by Crippen LogP contribution is 2.05. The summed E-state index contributed by atoms with van der Waals surface area (Å²) in [5, 5.41) is 4.91. The van der Waals surface area contributed by atoms with Crippen molar-refractivity contribution >= 4 is 29.0 Å². The monoisotopic (exact) mass is 231 g/mol. The van der Waals surface area contributed by atoms with E-state index < -0.39 is 17.4 Å². The van der Waals surface area contributed by atoms with Gasteiger partial charge in [-0.2, -0.15) is 0 Å². The largest absolute Gasteiger partial charge is 0.392 e. The van der Waals surface area contributed by atoms with Crippen LogP contribution in [0, 0.1) is 0 Å². The lowest BCUT2D eigenvalue weighted by molar-refractivity contribution is -0.140. The van der Waals surface area contributed by atoms with Gasteiger partial charge in [0, 0.05) is 5.54 Å². The van der Waals surface area contributed by atoms with Gasteiger partial charge in [0.15, 0.2) is 0 Å². The van der Waals surface area contributed by atoms with Crippen molar-refractivity contribution in [2.24, 2.45) is 5.73 Å². The van der Waals surface area contributed by atoms with Crippen LogP contribution < -0.4 is 16.4 Å². The Kier molecular flexibility index (Phi) is 5.21. The molecule has 0 rings (SSSR count). The molecule has 0 aromatic heterocycles. The smallest absolute Gasteiger partial charge is 0.309 e. The fraction of sp³-hybridized carbons (Fsp3) is 0.667. The van der Waals surface area contributed by atoms with Crippen LogP contribution in [0.25, 0.3) is 0 Å². The van der Waals surface area contributed by atoms with Crippen LogP contribution in [0.3, 0.4) is 0 Å². The SMILES string of the molecule is CCC(C)(C)NC(=O)C(=O)NCC(N)=S. The highest BCUT2D eigenvalue weighted by atomic mass is 32.1. The number of nitrogens with two attached hydrogens (primary N) is 1. The second kappa shape index (κ2) is 5.65. The molecule has 2 amide bonds. The van der Waals surface area contributed by atoms with Crippen LogP contribution >= 0.6 is 12.2 Å². The van der Waals surface area contributed by atoms with Gasteiger partial charge in [0.1, 0.15) is 0 Å². The number of hydrogen-bond acceptors (Lipinski definition) is 3. The lowest BCUT2D eigenvalue weighted by Crippen LogP contribution is -2.50. The summed E-state index contributed by atoms with van der Waals surface area (Å²) in [6.07, 6.45) is 0.737. The average molecular weight is 231 g/mol. The zero-order valence-corrected chi connectivity index (χ0v) is 10.0. The van der Waals surface area contributed by atoms with E-state index in [0.29, 0.717) is 0 Å². The third kappa shape index (κ3) is 6.01. The summed E-state index contributed by atoms with van der Waals surface area (Å²) in [6, 6.07) is 0. The van der Waals surface area contributed by atoms with Crippen molar-refractivity contribution < 1.29 is 9.59 Å². The predicted octanol–water partition coefficient (Wildman–Crippen LogP) is -0.306. The van der Waals surface area contributed by atoms with Crippen LogP contribution in [-0.2, 0) is 9.59 Å². The molecule has 86 valence electrons. The lowest BCUT2D eigenvalue weighted by atomic mass is 10.0. The van der Waals surface area contributed by atoms with E-state index in [2.05, 4.69) is 22.9 Å². The molecule has 0 saturated heterocycles. The second-order valence-corrected chi connectivity index (χ2v) is 4.36. The number of rotatable bonds is 4. The maximum Gasteiger partial charge on any atom is 0.309 e. The standard InChI is InChI=1S/C9H17N3O2S/c1-4-9(2,3)12-8(14)7(13)11-5-6(10)15/h4-5H2,1-3H3,(H2,10,15)(H,11,13)(H,12,14). The van der Waals surface area contributed by atoms with Crippen LogP contribution in [0.1, 0.15) is 27.2 Å². The Morgan fingerprint density at radius 2 is 1.87 bits per heavy atom. The lowest BCUT2D eigenvalue weighted by Gasteiger charge is -2.23. The van der Waals surface area contributed by atoms with Gasteiger partial charge in [-0.3, -0.25) is 9.59 Å². The van der Waals surface area contributed by atoms with Crippen molar-refractivity contribution in [3.8, 4) is 0 Å². The first-order valence-electron chi connectivity index (χ1n) is 4.67. The Balaban J connectivity index is 4.11. The van der Waals surface area contributed by atoms with Gasteiger partial charge in [0.2, 0.25) is 0 Å². The topological polar surface area (TPSA) is 84.2 Å². The molecule has 4 N–H and O–H groups in total. The molecule has 0 aliphatic heterocycles. The average Bonchev–Trinajstić information content (AvgIpc) is 2.13. The summed E-state index contributed by atoms with van der Waals surface area (Å²) in [7, 11) is 0. The maximum atomic E-state index is 11.3. The molecule has 0 unspecified atom stereocenters. The first-order chi connectivity index (χ1) is 6.78. The number of carbonyl (C=O) groups is 2. The zero-order chi connectivity index (χ0) is 12.1. The van der Waals surface area contributed by atoms with E-state index >= 15 is 0 Å². The molecule has 0 spiro atoms. The van der Waals surface area contributed by atoms with Crippen molar-refractivity contribution in [2.75, 3.05) is 6.54 Å². The first kappa shape index (κ1) is 13.8. The summed E-state index contributed by atoms with van der Waals surface area (Å²) in [4.78, 5) is 22.7. The summed E-state index contributed by atoms with van der Waals surface area (Å²) < 4.78 is 0. The molecule has 0 aliphatic rings. The van der Waals surface area contributed by atoms with Gasteiger partial charge in [-0.1, -0.05) is 19.1 Å². The molecule has 0 bridgehead atoms. The first-order valence-corrected chi connectivity index (χ1v) is 5.08. The van der Waals surface area contributed by atoms with Crippen LogP contribution in [0.5, 0.6) is 0 Å². The minimum absolute atomic E-state index is 0.0359. The van der Waals surface area contributed by atoms with Crippen molar-refractivity contribution in [1.82, 2.24) is 10.6 Å². The molecule has 0 aromatic rings. The summed E-state index contributed by atoms with van der Waals surface area (Å²) in [5.41, 5.74) is 4.79. The third-order valence-corrected chi connectivity index (χ3v) is 2.11. The van der Waals surface area contributed by atoms with E-state index in [4.69, 9.17) is 5.73 Å². The molecule has 0 aromatic carbocycles. The van der Waals surface area contributed by atoms with Gasteiger partial charge in [-0.15, -0.1) is 0 Å². The number of nitrogens with one attached hydrogen (secondary N) is 2. The Bertz CT molecular complexity index is 277. The van der Waals surface area contributed by atoms with Gasteiger partial charge in [0.25, 0.3) is 0 Å². The van der Waals surface area contributed by atoms with Crippen molar-refractivity contribution in [1.29, 1.82) is 0 Å². The highest BCUT2D eigenvalue weighted by molar-refractivity contribution is 7.80. The fourth-order valence-electron chi connectivity index (χ4n) is 0.700. The van der Waals surface area contributed by atoms with Crippen molar-refractivity contribution in [2.45, 2.75) is 32.7 Å². The van der Waals surface area contributed by atoms with E-state index in [9.17, 15) is 9.59 Å². The minimum Gasteiger partial charge on any atom is -0.392 e. The van der Waals surface area contributed by atoms with E-state index in [0.717, 1.165) is 6.42 Å². The van der Waals surface area contributed by atoms with Crippen molar-refractivity contribution in [3.05, 3.63) is 0 Å². The predicted molar refractivity (Wildman–Crippen MR) is 62.3 cm³/mol. The summed E-state index contributed by atoms with van der Waals surface area (Å²) >= 11 is 4.56. The van der Waals surface area contributed by atoms with E-state index in [1.165, 1.54) is 0 Å². The molecular formula is C9H17N3O2S. The summed E-state index contributed by atoms with van der Waals surface area (Å²) in [6.45, 7) is 5.64. The van der Waals surface area contributed by atoms with Crippen LogP contribution in [0.15, 0.2) is 0 Å². The fourth-order valence-corrected chi connectivity index (χ4v) is 0.772. The van der Waals surface area contributed by atoms with Gasteiger partial charge in [-0.25, -0.2) is 0 Å². The molecule has 0 heterocycles. The maximum absolute atomic E-state index is 11.3. The normalized spacial score (nSPS) is 10.6. The van der Waals surface area contributed by atoms with Gasteiger partial charge in [-0.05, 0) is 20.3 Å². The Hall–Kier alpha value is -1.17. The van der Waals surface area contributed by atoms with Crippen LogP contribution in [-0.4, -0.2) is 28.9 Å².